The molecule has 0 heterocycles. The molecule has 0 atom stereocenters. The Kier molecular flexibility index (Phi) is 4.66. The number of sulfone groups is 1. The lowest BCUT2D eigenvalue weighted by Crippen LogP contribution is -2.13. The molecule has 5 nitrogen and oxygen atoms in total. The zero-order chi connectivity index (χ0) is 13.8. The topological polar surface area (TPSA) is 80.7 Å². The summed E-state index contributed by atoms with van der Waals surface area (Å²) >= 11 is 0. The minimum atomic E-state index is -3.55. The van der Waals surface area contributed by atoms with Crippen LogP contribution in [-0.2, 0) is 20.4 Å². The van der Waals surface area contributed by atoms with E-state index in [1.165, 1.54) is 19.2 Å². The fourth-order valence-corrected chi connectivity index (χ4v) is 2.69. The van der Waals surface area contributed by atoms with Gasteiger partial charge in [0.25, 0.3) is 0 Å². The third-order valence-corrected chi connectivity index (χ3v) is 3.83. The SMILES string of the molecule is COc1ccc(CS(=O)(=O)CCC(=O)O)cc1F. The molecule has 1 aromatic rings. The standard InChI is InChI=1S/C11H13FO5S/c1-17-10-3-2-8(6-9(10)12)7-18(15,16)5-4-11(13)14/h2-3,6H,4-5,7H2,1H3,(H,13,14). The maximum Gasteiger partial charge on any atom is 0.304 e. The van der Waals surface area contributed by atoms with Gasteiger partial charge in [-0.2, -0.15) is 0 Å². The molecule has 0 fully saturated rings. The fourth-order valence-electron chi connectivity index (χ4n) is 1.37. The van der Waals surface area contributed by atoms with E-state index >= 15 is 0 Å². The van der Waals surface area contributed by atoms with Crippen LogP contribution in [-0.4, -0.2) is 32.4 Å². The molecule has 0 aliphatic rings. The Bertz CT molecular complexity index is 538. The summed E-state index contributed by atoms with van der Waals surface area (Å²) in [5.41, 5.74) is 0.263. The molecule has 0 bridgehead atoms. The minimum Gasteiger partial charge on any atom is -0.494 e. The number of aliphatic carboxylic acids is 1. The van der Waals surface area contributed by atoms with Gasteiger partial charge in [0, 0.05) is 0 Å². The van der Waals surface area contributed by atoms with Gasteiger partial charge in [-0.25, -0.2) is 12.8 Å². The Morgan fingerprint density at radius 2 is 2.11 bits per heavy atom. The molecule has 0 unspecified atom stereocenters. The second-order valence-corrected chi connectivity index (χ2v) is 5.89. The first kappa shape index (κ1) is 14.4. The van der Waals surface area contributed by atoms with Gasteiger partial charge in [-0.15, -0.1) is 0 Å². The molecule has 0 saturated heterocycles. The van der Waals surface area contributed by atoms with Gasteiger partial charge in [0.15, 0.2) is 21.4 Å². The first-order valence-corrected chi connectivity index (χ1v) is 6.91. The monoisotopic (exact) mass is 276 g/mol. The summed E-state index contributed by atoms with van der Waals surface area (Å²) in [5.74, 6) is -2.65. The van der Waals surface area contributed by atoms with Crippen molar-refractivity contribution < 1.29 is 27.4 Å². The number of ether oxygens (including phenoxy) is 1. The van der Waals surface area contributed by atoms with Gasteiger partial charge in [0.05, 0.1) is 25.0 Å². The average Bonchev–Trinajstić information content (AvgIpc) is 2.26. The first-order chi connectivity index (χ1) is 8.34. The van der Waals surface area contributed by atoms with Crippen molar-refractivity contribution in [2.24, 2.45) is 0 Å². The van der Waals surface area contributed by atoms with Crippen LogP contribution < -0.4 is 4.74 Å². The average molecular weight is 276 g/mol. The van der Waals surface area contributed by atoms with E-state index in [9.17, 15) is 17.6 Å². The van der Waals surface area contributed by atoms with Crippen LogP contribution in [0.25, 0.3) is 0 Å². The van der Waals surface area contributed by atoms with Gasteiger partial charge in [-0.1, -0.05) is 6.07 Å². The third kappa shape index (κ3) is 4.33. The number of benzene rings is 1. The van der Waals surface area contributed by atoms with E-state index in [0.29, 0.717) is 0 Å². The molecule has 0 saturated carbocycles. The number of methoxy groups -OCH3 is 1. The highest BCUT2D eigenvalue weighted by Crippen LogP contribution is 2.19. The van der Waals surface area contributed by atoms with E-state index in [2.05, 4.69) is 0 Å². The first-order valence-electron chi connectivity index (χ1n) is 5.08. The quantitative estimate of drug-likeness (QED) is 0.845. The van der Waals surface area contributed by atoms with Crippen LogP contribution in [0.2, 0.25) is 0 Å². The van der Waals surface area contributed by atoms with E-state index in [1.807, 2.05) is 0 Å². The molecule has 0 amide bonds. The van der Waals surface area contributed by atoms with Crippen molar-refractivity contribution in [3.63, 3.8) is 0 Å². The molecule has 7 heteroatoms. The van der Waals surface area contributed by atoms with Crippen LogP contribution in [0.3, 0.4) is 0 Å². The predicted molar refractivity (Wildman–Crippen MR) is 62.7 cm³/mol. The fraction of sp³-hybridized carbons (Fsp3) is 0.364. The highest BCUT2D eigenvalue weighted by Gasteiger charge is 2.15. The van der Waals surface area contributed by atoms with E-state index in [4.69, 9.17) is 9.84 Å². The highest BCUT2D eigenvalue weighted by molar-refractivity contribution is 7.90. The van der Waals surface area contributed by atoms with Crippen molar-refractivity contribution in [3.05, 3.63) is 29.6 Å². The molecular formula is C11H13FO5S. The number of carboxylic acids is 1. The van der Waals surface area contributed by atoms with E-state index in [1.54, 1.807) is 0 Å². The van der Waals surface area contributed by atoms with Gasteiger partial charge in [-0.3, -0.25) is 4.79 Å². The molecular weight excluding hydrogens is 263 g/mol. The van der Waals surface area contributed by atoms with Crippen LogP contribution in [0, 0.1) is 5.82 Å². The van der Waals surface area contributed by atoms with Crippen molar-refractivity contribution in [2.75, 3.05) is 12.9 Å². The minimum absolute atomic E-state index is 0.0293. The van der Waals surface area contributed by atoms with E-state index < -0.39 is 33.8 Å². The summed E-state index contributed by atoms with van der Waals surface area (Å²) in [6.45, 7) is 0. The van der Waals surface area contributed by atoms with Crippen LogP contribution in [0.5, 0.6) is 5.75 Å². The van der Waals surface area contributed by atoms with Crippen LogP contribution in [0.15, 0.2) is 18.2 Å². The summed E-state index contributed by atoms with van der Waals surface area (Å²) in [6.07, 6.45) is -0.457. The second-order valence-electron chi connectivity index (χ2n) is 3.70. The summed E-state index contributed by atoms with van der Waals surface area (Å²) in [7, 11) is -2.25. The largest absolute Gasteiger partial charge is 0.494 e. The van der Waals surface area contributed by atoms with Gasteiger partial charge in [0.1, 0.15) is 0 Å². The Hall–Kier alpha value is -1.63. The van der Waals surface area contributed by atoms with Crippen molar-refractivity contribution >= 4 is 15.8 Å². The van der Waals surface area contributed by atoms with Crippen molar-refractivity contribution in [1.29, 1.82) is 0 Å². The smallest absolute Gasteiger partial charge is 0.304 e. The number of carboxylic acid groups (broad SMARTS) is 1. The number of hydrogen-bond acceptors (Lipinski definition) is 4. The van der Waals surface area contributed by atoms with Crippen molar-refractivity contribution in [2.45, 2.75) is 12.2 Å². The van der Waals surface area contributed by atoms with Gasteiger partial charge >= 0.3 is 5.97 Å². The number of halogens is 1. The van der Waals surface area contributed by atoms with E-state index in [-0.39, 0.29) is 17.1 Å². The molecule has 18 heavy (non-hydrogen) atoms. The van der Waals surface area contributed by atoms with Gasteiger partial charge < -0.3 is 9.84 Å². The predicted octanol–water partition coefficient (Wildman–Crippen LogP) is 1.22. The summed E-state index contributed by atoms with van der Waals surface area (Å²) in [4.78, 5) is 10.3. The molecule has 1 N–H and O–H groups in total. The maximum atomic E-state index is 13.3. The Labute approximate surface area is 104 Å². The van der Waals surface area contributed by atoms with Crippen LogP contribution in [0.1, 0.15) is 12.0 Å². The lowest BCUT2D eigenvalue weighted by atomic mass is 10.2. The molecule has 0 aliphatic heterocycles. The Morgan fingerprint density at radius 3 is 2.61 bits per heavy atom. The zero-order valence-corrected chi connectivity index (χ0v) is 10.5. The highest BCUT2D eigenvalue weighted by atomic mass is 32.2. The molecule has 1 rings (SSSR count). The van der Waals surface area contributed by atoms with Crippen molar-refractivity contribution in [1.82, 2.24) is 0 Å². The molecule has 0 aliphatic carbocycles. The zero-order valence-electron chi connectivity index (χ0n) is 9.72. The lowest BCUT2D eigenvalue weighted by molar-refractivity contribution is -0.136. The molecule has 0 radical (unpaired) electrons. The number of rotatable bonds is 6. The summed E-state index contributed by atoms with van der Waals surface area (Å²) in [6, 6.07) is 3.83. The number of hydrogen-bond donors (Lipinski definition) is 1. The third-order valence-electron chi connectivity index (χ3n) is 2.23. The second kappa shape index (κ2) is 5.81. The normalized spacial score (nSPS) is 11.2. The lowest BCUT2D eigenvalue weighted by Gasteiger charge is -2.06. The van der Waals surface area contributed by atoms with Gasteiger partial charge in [0.2, 0.25) is 0 Å². The Morgan fingerprint density at radius 1 is 1.44 bits per heavy atom. The molecule has 0 aromatic heterocycles. The van der Waals surface area contributed by atoms with E-state index in [0.717, 1.165) is 6.07 Å². The Balaban J connectivity index is 2.78. The summed E-state index contributed by atoms with van der Waals surface area (Å²) < 4.78 is 41.1. The maximum absolute atomic E-state index is 13.3. The molecule has 0 spiro atoms. The molecule has 100 valence electrons. The van der Waals surface area contributed by atoms with Crippen molar-refractivity contribution in [3.8, 4) is 5.75 Å². The number of carbonyl (C=O) groups is 1. The van der Waals surface area contributed by atoms with Gasteiger partial charge in [-0.05, 0) is 17.7 Å². The van der Waals surface area contributed by atoms with Crippen LogP contribution >= 0.6 is 0 Å². The summed E-state index contributed by atoms with van der Waals surface area (Å²) in [5, 5.41) is 8.41. The molecule has 1 aromatic carbocycles. The van der Waals surface area contributed by atoms with Crippen LogP contribution in [0.4, 0.5) is 4.39 Å².